The summed E-state index contributed by atoms with van der Waals surface area (Å²) in [6, 6.07) is 2.25. The molecule has 0 unspecified atom stereocenters. The molecule has 7 heteroatoms. The predicted octanol–water partition coefficient (Wildman–Crippen LogP) is 2.12. The highest BCUT2D eigenvalue weighted by Gasteiger charge is 2.38. The van der Waals surface area contributed by atoms with Crippen LogP contribution in [0.4, 0.5) is 0 Å². The monoisotopic (exact) mass is 352 g/mol. The zero-order valence-electron chi connectivity index (χ0n) is 14.1. The number of hydrogen-bond donors (Lipinski definition) is 2. The van der Waals surface area contributed by atoms with Crippen molar-refractivity contribution < 1.29 is 19.4 Å². The molecule has 0 aliphatic heterocycles. The molecule has 1 heterocycles. The standard InChI is InChI=1S/C17H24N2O4S/c1-10-5-14(23-2)16(24-10)17(22)18-12-6-13(7-12)19(9-15(20)21)8-11-3-4-11/h5,11-13H,3-4,6-9H2,1-2H3,(H,18,22)(H,20,21). The van der Waals surface area contributed by atoms with Crippen LogP contribution in [0.15, 0.2) is 6.07 Å². The van der Waals surface area contributed by atoms with Crippen molar-refractivity contribution in [2.24, 2.45) is 5.92 Å². The number of methoxy groups -OCH3 is 1. The third-order valence-electron chi connectivity index (χ3n) is 4.74. The van der Waals surface area contributed by atoms with Crippen molar-refractivity contribution in [2.45, 2.75) is 44.7 Å². The smallest absolute Gasteiger partial charge is 0.317 e. The number of aliphatic carboxylic acids is 1. The fourth-order valence-corrected chi connectivity index (χ4v) is 4.09. The number of amides is 1. The molecule has 2 N–H and O–H groups in total. The maximum absolute atomic E-state index is 12.4. The number of ether oxygens (including phenoxy) is 1. The van der Waals surface area contributed by atoms with Crippen LogP contribution in [0.2, 0.25) is 0 Å². The second-order valence-electron chi connectivity index (χ2n) is 6.82. The van der Waals surface area contributed by atoms with Gasteiger partial charge in [0.2, 0.25) is 0 Å². The Labute approximate surface area is 145 Å². The number of nitrogens with zero attached hydrogens (tertiary/aromatic N) is 1. The molecule has 0 aromatic carbocycles. The summed E-state index contributed by atoms with van der Waals surface area (Å²) in [6.07, 6.45) is 4.05. The third-order valence-corrected chi connectivity index (χ3v) is 5.77. The minimum atomic E-state index is -0.776. The van der Waals surface area contributed by atoms with Crippen molar-refractivity contribution in [3.63, 3.8) is 0 Å². The van der Waals surface area contributed by atoms with Gasteiger partial charge in [0.15, 0.2) is 0 Å². The Balaban J connectivity index is 1.51. The van der Waals surface area contributed by atoms with Crippen LogP contribution in [0.3, 0.4) is 0 Å². The van der Waals surface area contributed by atoms with Crippen LogP contribution in [-0.2, 0) is 4.79 Å². The number of carbonyl (C=O) groups excluding carboxylic acids is 1. The fraction of sp³-hybridized carbons (Fsp3) is 0.647. The SMILES string of the molecule is COc1cc(C)sc1C(=O)NC1CC(N(CC(=O)O)CC2CC2)C1. The van der Waals surface area contributed by atoms with Gasteiger partial charge in [-0.2, -0.15) is 0 Å². The fourth-order valence-electron chi connectivity index (χ4n) is 3.20. The van der Waals surface area contributed by atoms with Crippen molar-refractivity contribution in [3.05, 3.63) is 15.8 Å². The molecule has 1 aromatic heterocycles. The molecular formula is C17H24N2O4S. The molecule has 0 radical (unpaired) electrons. The van der Waals surface area contributed by atoms with E-state index in [9.17, 15) is 9.59 Å². The zero-order valence-corrected chi connectivity index (χ0v) is 14.9. The molecule has 2 fully saturated rings. The summed E-state index contributed by atoms with van der Waals surface area (Å²) >= 11 is 1.43. The van der Waals surface area contributed by atoms with Gasteiger partial charge in [-0.25, -0.2) is 0 Å². The molecule has 1 aromatic rings. The largest absolute Gasteiger partial charge is 0.495 e. The maximum Gasteiger partial charge on any atom is 0.317 e. The van der Waals surface area contributed by atoms with E-state index in [1.165, 1.54) is 24.2 Å². The Morgan fingerprint density at radius 3 is 2.71 bits per heavy atom. The first-order valence-corrected chi connectivity index (χ1v) is 9.19. The second kappa shape index (κ2) is 7.11. The van der Waals surface area contributed by atoms with Gasteiger partial charge in [-0.1, -0.05) is 0 Å². The molecule has 2 aliphatic carbocycles. The molecule has 132 valence electrons. The zero-order chi connectivity index (χ0) is 17.3. The number of nitrogens with one attached hydrogen (secondary N) is 1. The van der Waals surface area contributed by atoms with Gasteiger partial charge in [0.25, 0.3) is 5.91 Å². The van der Waals surface area contributed by atoms with E-state index in [0.29, 0.717) is 16.5 Å². The molecule has 2 aliphatic rings. The number of aryl methyl sites for hydroxylation is 1. The van der Waals surface area contributed by atoms with Gasteiger partial charge in [-0.15, -0.1) is 11.3 Å². The summed E-state index contributed by atoms with van der Waals surface area (Å²) < 4.78 is 5.25. The van der Waals surface area contributed by atoms with Crippen molar-refractivity contribution in [3.8, 4) is 5.75 Å². The van der Waals surface area contributed by atoms with Crippen LogP contribution in [0.25, 0.3) is 0 Å². The van der Waals surface area contributed by atoms with Gasteiger partial charge in [-0.05, 0) is 44.6 Å². The van der Waals surface area contributed by atoms with E-state index in [2.05, 4.69) is 10.2 Å². The topological polar surface area (TPSA) is 78.9 Å². The minimum Gasteiger partial charge on any atom is -0.495 e. The summed E-state index contributed by atoms with van der Waals surface area (Å²) in [7, 11) is 1.57. The van der Waals surface area contributed by atoms with Gasteiger partial charge in [0.05, 0.1) is 13.7 Å². The Hall–Kier alpha value is -1.60. The summed E-state index contributed by atoms with van der Waals surface area (Å²) in [5, 5.41) is 12.1. The molecule has 0 spiro atoms. The van der Waals surface area contributed by atoms with E-state index in [4.69, 9.17) is 9.84 Å². The number of rotatable bonds is 8. The first-order valence-electron chi connectivity index (χ1n) is 8.37. The molecule has 0 bridgehead atoms. The van der Waals surface area contributed by atoms with Crippen molar-refractivity contribution in [2.75, 3.05) is 20.2 Å². The van der Waals surface area contributed by atoms with E-state index >= 15 is 0 Å². The van der Waals surface area contributed by atoms with Gasteiger partial charge in [0.1, 0.15) is 10.6 Å². The Morgan fingerprint density at radius 1 is 1.42 bits per heavy atom. The molecule has 0 atom stereocenters. The third kappa shape index (κ3) is 4.08. The van der Waals surface area contributed by atoms with Gasteiger partial charge >= 0.3 is 5.97 Å². The van der Waals surface area contributed by atoms with Crippen LogP contribution < -0.4 is 10.1 Å². The average molecular weight is 352 g/mol. The molecule has 1 amide bonds. The van der Waals surface area contributed by atoms with E-state index in [1.54, 1.807) is 7.11 Å². The lowest BCUT2D eigenvalue weighted by Gasteiger charge is -2.42. The van der Waals surface area contributed by atoms with E-state index < -0.39 is 5.97 Å². The van der Waals surface area contributed by atoms with Crippen molar-refractivity contribution in [1.29, 1.82) is 0 Å². The quantitative estimate of drug-likeness (QED) is 0.749. The van der Waals surface area contributed by atoms with Crippen LogP contribution in [0.1, 0.15) is 40.2 Å². The highest BCUT2D eigenvalue weighted by atomic mass is 32.1. The predicted molar refractivity (Wildman–Crippen MR) is 91.8 cm³/mol. The molecule has 6 nitrogen and oxygen atoms in total. The Bertz CT molecular complexity index is 620. The first kappa shape index (κ1) is 17.2. The summed E-state index contributed by atoms with van der Waals surface area (Å²) in [6.45, 7) is 2.92. The number of hydrogen-bond acceptors (Lipinski definition) is 5. The van der Waals surface area contributed by atoms with E-state index in [-0.39, 0.29) is 24.5 Å². The average Bonchev–Trinajstić information content (AvgIpc) is 3.20. The van der Waals surface area contributed by atoms with Crippen LogP contribution >= 0.6 is 11.3 Å². The minimum absolute atomic E-state index is 0.0969. The van der Waals surface area contributed by atoms with Crippen molar-refractivity contribution >= 4 is 23.2 Å². The molecular weight excluding hydrogens is 328 g/mol. The summed E-state index contributed by atoms with van der Waals surface area (Å²) in [4.78, 5) is 27.2. The van der Waals surface area contributed by atoms with Gasteiger partial charge in [-0.3, -0.25) is 14.5 Å². The molecule has 24 heavy (non-hydrogen) atoms. The number of carboxylic acids is 1. The highest BCUT2D eigenvalue weighted by Crippen LogP contribution is 2.34. The normalized spacial score (nSPS) is 23.0. The van der Waals surface area contributed by atoms with Crippen LogP contribution in [0.5, 0.6) is 5.75 Å². The summed E-state index contributed by atoms with van der Waals surface area (Å²) in [5.74, 6) is 0.408. The number of thiophene rings is 1. The molecule has 3 rings (SSSR count). The van der Waals surface area contributed by atoms with Crippen LogP contribution in [0, 0.1) is 12.8 Å². The Morgan fingerprint density at radius 2 is 2.12 bits per heavy atom. The first-order chi connectivity index (χ1) is 11.5. The number of carbonyl (C=O) groups is 2. The van der Waals surface area contributed by atoms with Crippen molar-refractivity contribution in [1.82, 2.24) is 10.2 Å². The van der Waals surface area contributed by atoms with E-state index in [1.807, 2.05) is 13.0 Å². The van der Waals surface area contributed by atoms with Crippen LogP contribution in [-0.4, -0.2) is 54.2 Å². The lowest BCUT2D eigenvalue weighted by molar-refractivity contribution is -0.139. The second-order valence-corrected chi connectivity index (χ2v) is 8.07. The summed E-state index contributed by atoms with van der Waals surface area (Å²) in [5.41, 5.74) is 0. The molecule has 0 saturated heterocycles. The lowest BCUT2D eigenvalue weighted by Crippen LogP contribution is -2.55. The Kier molecular flexibility index (Phi) is 5.10. The number of carboxylic acid groups (broad SMARTS) is 1. The van der Waals surface area contributed by atoms with Gasteiger partial charge in [0, 0.05) is 23.5 Å². The van der Waals surface area contributed by atoms with E-state index in [0.717, 1.165) is 24.3 Å². The highest BCUT2D eigenvalue weighted by molar-refractivity contribution is 7.14. The van der Waals surface area contributed by atoms with Gasteiger partial charge < -0.3 is 15.2 Å². The lowest BCUT2D eigenvalue weighted by atomic mass is 9.85. The maximum atomic E-state index is 12.4. The molecule has 2 saturated carbocycles.